The van der Waals surface area contributed by atoms with Gasteiger partial charge < -0.3 is 4.74 Å². The molecule has 3 nitrogen and oxygen atoms in total. The van der Waals surface area contributed by atoms with Crippen LogP contribution in [0.5, 0.6) is 0 Å². The van der Waals surface area contributed by atoms with Gasteiger partial charge in [0.2, 0.25) is 0 Å². The van der Waals surface area contributed by atoms with Gasteiger partial charge in [-0.3, -0.25) is 4.90 Å². The first-order valence-corrected chi connectivity index (χ1v) is 5.99. The average Bonchev–Trinajstić information content (AvgIpc) is 2.40. The number of rotatable bonds is 2. The minimum absolute atomic E-state index is 0.0975. The molecule has 3 heteroatoms. The molecule has 1 amide bonds. The Hall–Kier alpha value is -1.77. The molecule has 1 heterocycles. The van der Waals surface area contributed by atoms with Crippen molar-refractivity contribution in [3.63, 3.8) is 0 Å². The number of hydrogen-bond donors (Lipinski definition) is 0. The molecular weight excluding hydrogens is 214 g/mol. The second kappa shape index (κ2) is 5.53. The Morgan fingerprint density at radius 2 is 2.18 bits per heavy atom. The molecule has 0 fully saturated rings. The molecule has 1 aromatic rings. The molecule has 1 aliphatic heterocycles. The molecule has 0 aromatic heterocycles. The summed E-state index contributed by atoms with van der Waals surface area (Å²) in [5.74, 6) is 0. The third-order valence-electron chi connectivity index (χ3n) is 2.87. The maximum absolute atomic E-state index is 11.8. The van der Waals surface area contributed by atoms with Crippen molar-refractivity contribution in [1.29, 1.82) is 0 Å². The summed E-state index contributed by atoms with van der Waals surface area (Å²) in [7, 11) is 0. The Labute approximate surface area is 102 Å². The van der Waals surface area contributed by atoms with Crippen molar-refractivity contribution in [3.05, 3.63) is 48.2 Å². The summed E-state index contributed by atoms with van der Waals surface area (Å²) >= 11 is 0. The van der Waals surface area contributed by atoms with E-state index in [4.69, 9.17) is 4.74 Å². The fourth-order valence-corrected chi connectivity index (χ4v) is 2.07. The standard InChI is InChI=1S/C14H17NO2/c1-2-17-14(16)15-11-7-6-10-13(15)12-8-4-3-5-9-12/h3-5,7-9,11,13H,2,6,10H2,1H3. The van der Waals surface area contributed by atoms with E-state index in [2.05, 4.69) is 12.1 Å². The van der Waals surface area contributed by atoms with Crippen LogP contribution in [0.25, 0.3) is 0 Å². The van der Waals surface area contributed by atoms with Crippen LogP contribution in [-0.2, 0) is 4.74 Å². The fourth-order valence-electron chi connectivity index (χ4n) is 2.07. The van der Waals surface area contributed by atoms with Gasteiger partial charge in [0.15, 0.2) is 0 Å². The number of nitrogens with zero attached hydrogens (tertiary/aromatic N) is 1. The van der Waals surface area contributed by atoms with E-state index in [9.17, 15) is 4.79 Å². The number of hydrogen-bond acceptors (Lipinski definition) is 2. The molecule has 0 saturated heterocycles. The zero-order valence-corrected chi connectivity index (χ0v) is 10.0. The van der Waals surface area contributed by atoms with Crippen LogP contribution in [0.2, 0.25) is 0 Å². The Kier molecular flexibility index (Phi) is 3.81. The van der Waals surface area contributed by atoms with Gasteiger partial charge in [-0.1, -0.05) is 36.4 Å². The lowest BCUT2D eigenvalue weighted by atomic mass is 9.98. The first-order chi connectivity index (χ1) is 8.33. The predicted octanol–water partition coefficient (Wildman–Crippen LogP) is 3.49. The predicted molar refractivity (Wildman–Crippen MR) is 66.4 cm³/mol. The average molecular weight is 231 g/mol. The molecule has 0 aliphatic carbocycles. The molecule has 2 rings (SSSR count). The fraction of sp³-hybridized carbons (Fsp3) is 0.357. The quantitative estimate of drug-likeness (QED) is 0.779. The summed E-state index contributed by atoms with van der Waals surface area (Å²) in [6, 6.07) is 10.2. The molecule has 17 heavy (non-hydrogen) atoms. The molecule has 1 atom stereocenters. The lowest BCUT2D eigenvalue weighted by molar-refractivity contribution is 0.106. The Morgan fingerprint density at radius 3 is 2.88 bits per heavy atom. The highest BCUT2D eigenvalue weighted by molar-refractivity contribution is 5.69. The van der Waals surface area contributed by atoms with E-state index in [-0.39, 0.29) is 12.1 Å². The van der Waals surface area contributed by atoms with E-state index in [1.165, 1.54) is 0 Å². The van der Waals surface area contributed by atoms with Gasteiger partial charge in [-0.05, 0) is 25.3 Å². The van der Waals surface area contributed by atoms with E-state index in [1.807, 2.05) is 37.4 Å². The molecule has 0 radical (unpaired) electrons. The van der Waals surface area contributed by atoms with E-state index in [1.54, 1.807) is 4.90 Å². The van der Waals surface area contributed by atoms with Gasteiger partial charge in [0.05, 0.1) is 12.6 Å². The third-order valence-corrected chi connectivity index (χ3v) is 2.87. The number of allylic oxidation sites excluding steroid dienone is 1. The SMILES string of the molecule is CCOC(=O)N1C=CCCC1c1ccccc1. The minimum atomic E-state index is -0.266. The van der Waals surface area contributed by atoms with Crippen LogP contribution in [0.3, 0.4) is 0 Å². The van der Waals surface area contributed by atoms with Gasteiger partial charge in [-0.2, -0.15) is 0 Å². The van der Waals surface area contributed by atoms with Crippen molar-refractivity contribution in [2.75, 3.05) is 6.61 Å². The molecule has 90 valence electrons. The van der Waals surface area contributed by atoms with Gasteiger partial charge in [0, 0.05) is 6.20 Å². The monoisotopic (exact) mass is 231 g/mol. The van der Waals surface area contributed by atoms with Gasteiger partial charge in [-0.15, -0.1) is 0 Å². The highest BCUT2D eigenvalue weighted by atomic mass is 16.6. The maximum atomic E-state index is 11.8. The molecule has 0 N–H and O–H groups in total. The van der Waals surface area contributed by atoms with Crippen molar-refractivity contribution >= 4 is 6.09 Å². The maximum Gasteiger partial charge on any atom is 0.414 e. The number of carbonyl (C=O) groups excluding carboxylic acids is 1. The molecule has 1 aromatic carbocycles. The van der Waals surface area contributed by atoms with Gasteiger partial charge in [0.25, 0.3) is 0 Å². The van der Waals surface area contributed by atoms with Crippen LogP contribution in [-0.4, -0.2) is 17.6 Å². The van der Waals surface area contributed by atoms with Crippen LogP contribution in [0.4, 0.5) is 4.79 Å². The molecule has 0 spiro atoms. The number of carbonyl (C=O) groups is 1. The summed E-state index contributed by atoms with van der Waals surface area (Å²) < 4.78 is 5.07. The molecule has 0 saturated carbocycles. The summed E-state index contributed by atoms with van der Waals surface area (Å²) in [5.41, 5.74) is 1.16. The van der Waals surface area contributed by atoms with E-state index < -0.39 is 0 Å². The zero-order chi connectivity index (χ0) is 12.1. The first-order valence-electron chi connectivity index (χ1n) is 5.99. The number of amides is 1. The van der Waals surface area contributed by atoms with E-state index >= 15 is 0 Å². The Bertz CT molecular complexity index is 400. The second-order valence-electron chi connectivity index (χ2n) is 3.99. The van der Waals surface area contributed by atoms with E-state index in [0.717, 1.165) is 18.4 Å². The highest BCUT2D eigenvalue weighted by Gasteiger charge is 2.25. The molecular formula is C14H17NO2. The second-order valence-corrected chi connectivity index (χ2v) is 3.99. The van der Waals surface area contributed by atoms with Gasteiger partial charge in [-0.25, -0.2) is 4.79 Å². The van der Waals surface area contributed by atoms with Crippen LogP contribution in [0.15, 0.2) is 42.6 Å². The lowest BCUT2D eigenvalue weighted by Gasteiger charge is -2.31. The van der Waals surface area contributed by atoms with Gasteiger partial charge >= 0.3 is 6.09 Å². The topological polar surface area (TPSA) is 29.5 Å². The third kappa shape index (κ3) is 2.67. The van der Waals surface area contributed by atoms with Crippen LogP contribution >= 0.6 is 0 Å². The van der Waals surface area contributed by atoms with Crippen molar-refractivity contribution in [2.45, 2.75) is 25.8 Å². The smallest absolute Gasteiger partial charge is 0.414 e. The molecule has 1 unspecified atom stereocenters. The minimum Gasteiger partial charge on any atom is -0.449 e. The largest absolute Gasteiger partial charge is 0.449 e. The highest BCUT2D eigenvalue weighted by Crippen LogP contribution is 2.30. The van der Waals surface area contributed by atoms with E-state index in [0.29, 0.717) is 6.61 Å². The van der Waals surface area contributed by atoms with Crippen molar-refractivity contribution in [3.8, 4) is 0 Å². The zero-order valence-electron chi connectivity index (χ0n) is 10.0. The van der Waals surface area contributed by atoms with Gasteiger partial charge in [0.1, 0.15) is 0 Å². The Morgan fingerprint density at radius 1 is 1.41 bits per heavy atom. The summed E-state index contributed by atoms with van der Waals surface area (Å²) in [4.78, 5) is 13.5. The van der Waals surface area contributed by atoms with Crippen molar-refractivity contribution < 1.29 is 9.53 Å². The van der Waals surface area contributed by atoms with Crippen molar-refractivity contribution in [2.24, 2.45) is 0 Å². The molecule has 0 bridgehead atoms. The summed E-state index contributed by atoms with van der Waals surface area (Å²) in [5, 5.41) is 0. The summed E-state index contributed by atoms with van der Waals surface area (Å²) in [6.45, 7) is 2.23. The normalized spacial score (nSPS) is 19.1. The lowest BCUT2D eigenvalue weighted by Crippen LogP contribution is -2.32. The molecule has 1 aliphatic rings. The van der Waals surface area contributed by atoms with Crippen LogP contribution in [0.1, 0.15) is 31.4 Å². The first kappa shape index (κ1) is 11.7. The van der Waals surface area contributed by atoms with Crippen molar-refractivity contribution in [1.82, 2.24) is 4.90 Å². The Balaban J connectivity index is 2.20. The van der Waals surface area contributed by atoms with Crippen LogP contribution in [0, 0.1) is 0 Å². The van der Waals surface area contributed by atoms with Crippen LogP contribution < -0.4 is 0 Å². The number of ether oxygens (including phenoxy) is 1. The number of benzene rings is 1. The summed E-state index contributed by atoms with van der Waals surface area (Å²) in [6.07, 6.45) is 5.52.